The van der Waals surface area contributed by atoms with Crippen LogP contribution in [0.5, 0.6) is 0 Å². The predicted octanol–water partition coefficient (Wildman–Crippen LogP) is 4.11. The van der Waals surface area contributed by atoms with Gasteiger partial charge in [-0.15, -0.1) is 0 Å². The molecule has 0 radical (unpaired) electrons. The van der Waals surface area contributed by atoms with Crippen molar-refractivity contribution in [1.82, 2.24) is 0 Å². The zero-order valence-electron chi connectivity index (χ0n) is 13.5. The van der Waals surface area contributed by atoms with E-state index >= 15 is 0 Å². The zero-order valence-corrected chi connectivity index (χ0v) is 15.1. The Bertz CT molecular complexity index is 917. The van der Waals surface area contributed by atoms with Crippen molar-refractivity contribution in [2.45, 2.75) is 18.4 Å². The second-order valence-electron chi connectivity index (χ2n) is 5.58. The van der Waals surface area contributed by atoms with E-state index in [1.54, 1.807) is 11.3 Å². The lowest BCUT2D eigenvalue weighted by Gasteiger charge is -2.17. The second kappa shape index (κ2) is 6.59. The molecule has 1 aromatic heterocycles. The maximum Gasteiger partial charge on any atom is 0.265 e. The van der Waals surface area contributed by atoms with E-state index in [1.165, 1.54) is 30.8 Å². The quantitative estimate of drug-likeness (QED) is 0.714. The Labute approximate surface area is 149 Å². The van der Waals surface area contributed by atoms with Crippen LogP contribution in [0.4, 0.5) is 5.69 Å². The molecule has 1 N–H and O–H groups in total. The number of aliphatic hydroxyl groups is 1. The maximum absolute atomic E-state index is 9.47. The van der Waals surface area contributed by atoms with E-state index in [0.29, 0.717) is 6.54 Å². The Morgan fingerprint density at radius 2 is 1.92 bits per heavy atom. The van der Waals surface area contributed by atoms with Gasteiger partial charge < -0.3 is 10.0 Å². The molecule has 0 unspecified atom stereocenters. The highest BCUT2D eigenvalue weighted by Crippen LogP contribution is 2.46. The summed E-state index contributed by atoms with van der Waals surface area (Å²) in [6.45, 7) is 3.89. The Hall–Kier alpha value is -1.82. The number of benzene rings is 2. The van der Waals surface area contributed by atoms with Gasteiger partial charge in [-0.2, -0.15) is 4.57 Å². The average Bonchev–Trinajstić information content (AvgIpc) is 3.13. The summed E-state index contributed by atoms with van der Waals surface area (Å²) < 4.78 is 3.46. The van der Waals surface area contributed by atoms with Crippen molar-refractivity contribution < 1.29 is 9.67 Å². The van der Waals surface area contributed by atoms with Crippen molar-refractivity contribution in [3.63, 3.8) is 0 Å². The van der Waals surface area contributed by atoms with Crippen LogP contribution in [0.2, 0.25) is 0 Å². The van der Waals surface area contributed by atoms with Crippen LogP contribution in [0.3, 0.4) is 0 Å². The molecular weight excluding hydrogens is 336 g/mol. The van der Waals surface area contributed by atoms with E-state index < -0.39 is 0 Å². The number of rotatable bonds is 4. The van der Waals surface area contributed by atoms with Crippen molar-refractivity contribution in [2.75, 3.05) is 18.1 Å². The fourth-order valence-electron chi connectivity index (χ4n) is 3.08. The third-order valence-electron chi connectivity index (χ3n) is 4.16. The Morgan fingerprint density at radius 3 is 2.75 bits per heavy atom. The summed E-state index contributed by atoms with van der Waals surface area (Å²) in [6, 6.07) is 16.9. The minimum atomic E-state index is 0.145. The number of aromatic nitrogens is 1. The standard InChI is InChI=1S/C19H19N2OS2/c1-2-20-14-7-3-5-9-16(14)23-18(20)13-19-21(11-12-22)15-8-4-6-10-17(15)24-19/h3-10,13,22H,2,11-12H2,1H3/q+1. The molecule has 2 aromatic carbocycles. The number of hydrogen-bond donors (Lipinski definition) is 1. The summed E-state index contributed by atoms with van der Waals surface area (Å²) in [4.78, 5) is 3.66. The molecule has 0 aliphatic carbocycles. The van der Waals surface area contributed by atoms with E-state index in [4.69, 9.17) is 0 Å². The van der Waals surface area contributed by atoms with E-state index in [9.17, 15) is 5.11 Å². The molecule has 0 bridgehead atoms. The highest BCUT2D eigenvalue weighted by Gasteiger charge is 2.26. The summed E-state index contributed by atoms with van der Waals surface area (Å²) >= 11 is 3.60. The maximum atomic E-state index is 9.47. The molecule has 4 rings (SSSR count). The second-order valence-corrected chi connectivity index (χ2v) is 7.70. The molecule has 0 atom stereocenters. The normalized spacial score (nSPS) is 15.4. The number of aliphatic hydroxyl groups excluding tert-OH is 1. The summed E-state index contributed by atoms with van der Waals surface area (Å²) in [7, 11) is 0. The van der Waals surface area contributed by atoms with Gasteiger partial charge in [0, 0.05) is 17.5 Å². The molecule has 0 saturated carbocycles. The molecule has 3 nitrogen and oxygen atoms in total. The van der Waals surface area contributed by atoms with Gasteiger partial charge >= 0.3 is 0 Å². The number of thiazole rings is 1. The molecule has 0 saturated heterocycles. The van der Waals surface area contributed by atoms with Gasteiger partial charge in [0.1, 0.15) is 11.3 Å². The lowest BCUT2D eigenvalue weighted by Crippen LogP contribution is -2.37. The fourth-order valence-corrected chi connectivity index (χ4v) is 5.45. The molecule has 2 heterocycles. The van der Waals surface area contributed by atoms with Crippen LogP contribution in [0.15, 0.2) is 58.5 Å². The van der Waals surface area contributed by atoms with Gasteiger partial charge in [-0.05, 0) is 25.1 Å². The van der Waals surface area contributed by atoms with Crippen LogP contribution in [-0.4, -0.2) is 18.3 Å². The molecule has 0 fully saturated rings. The van der Waals surface area contributed by atoms with E-state index in [1.807, 2.05) is 11.8 Å². The minimum absolute atomic E-state index is 0.145. The van der Waals surface area contributed by atoms with Crippen LogP contribution < -0.4 is 9.47 Å². The van der Waals surface area contributed by atoms with Crippen LogP contribution >= 0.6 is 23.1 Å². The molecule has 122 valence electrons. The first-order valence-corrected chi connectivity index (χ1v) is 9.73. The molecule has 1 aliphatic rings. The van der Waals surface area contributed by atoms with Crippen molar-refractivity contribution in [3.05, 3.63) is 58.6 Å². The van der Waals surface area contributed by atoms with Gasteiger partial charge in [0.25, 0.3) is 5.01 Å². The summed E-state index contributed by atoms with van der Waals surface area (Å²) in [5.41, 5.74) is 2.47. The van der Waals surface area contributed by atoms with Crippen LogP contribution in [0.1, 0.15) is 11.9 Å². The van der Waals surface area contributed by atoms with E-state index in [-0.39, 0.29) is 6.61 Å². The Balaban J connectivity index is 1.81. The average molecular weight is 356 g/mol. The topological polar surface area (TPSA) is 27.4 Å². The molecule has 0 spiro atoms. The number of hydrogen-bond acceptors (Lipinski definition) is 4. The first-order chi connectivity index (χ1) is 11.8. The summed E-state index contributed by atoms with van der Waals surface area (Å²) in [6.07, 6.45) is 2.26. The number of thioether (sulfide) groups is 1. The minimum Gasteiger partial charge on any atom is -0.390 e. The SMILES string of the molecule is CCN1/C(=C\c2sc3ccccc3[n+]2CCO)Sc2ccccc21. The third kappa shape index (κ3) is 2.62. The van der Waals surface area contributed by atoms with Gasteiger partial charge in [-0.25, -0.2) is 0 Å². The van der Waals surface area contributed by atoms with Crippen LogP contribution in [0.25, 0.3) is 16.3 Å². The monoisotopic (exact) mass is 355 g/mol. The van der Waals surface area contributed by atoms with Crippen molar-refractivity contribution in [3.8, 4) is 0 Å². The van der Waals surface area contributed by atoms with E-state index in [0.717, 1.165) is 6.54 Å². The van der Waals surface area contributed by atoms with Crippen LogP contribution in [-0.2, 0) is 6.54 Å². The van der Waals surface area contributed by atoms with Gasteiger partial charge in [-0.3, -0.25) is 0 Å². The largest absolute Gasteiger partial charge is 0.390 e. The summed E-state index contributed by atoms with van der Waals surface area (Å²) in [5.74, 6) is 0. The van der Waals surface area contributed by atoms with Crippen molar-refractivity contribution in [1.29, 1.82) is 0 Å². The van der Waals surface area contributed by atoms with E-state index in [2.05, 4.69) is 71.0 Å². The number of fused-ring (bicyclic) bond motifs is 2. The first kappa shape index (κ1) is 15.7. The highest BCUT2D eigenvalue weighted by molar-refractivity contribution is 8.03. The molecule has 1 aliphatic heterocycles. The number of anilines is 1. The highest BCUT2D eigenvalue weighted by atomic mass is 32.2. The van der Waals surface area contributed by atoms with Gasteiger partial charge in [0.2, 0.25) is 5.52 Å². The number of para-hydroxylation sites is 2. The molecule has 24 heavy (non-hydrogen) atoms. The van der Waals surface area contributed by atoms with Gasteiger partial charge in [0.05, 0.1) is 16.8 Å². The Kier molecular flexibility index (Phi) is 4.31. The predicted molar refractivity (Wildman–Crippen MR) is 102 cm³/mol. The summed E-state index contributed by atoms with van der Waals surface area (Å²) in [5, 5.41) is 11.9. The first-order valence-electron chi connectivity index (χ1n) is 8.10. The molecule has 5 heteroatoms. The molecule has 0 amide bonds. The third-order valence-corrected chi connectivity index (χ3v) is 6.39. The van der Waals surface area contributed by atoms with Crippen LogP contribution in [0, 0.1) is 0 Å². The lowest BCUT2D eigenvalue weighted by atomic mass is 10.3. The zero-order chi connectivity index (χ0) is 16.5. The smallest absolute Gasteiger partial charge is 0.265 e. The van der Waals surface area contributed by atoms with Gasteiger partial charge in [-0.1, -0.05) is 47.4 Å². The van der Waals surface area contributed by atoms with Crippen molar-refractivity contribution in [2.24, 2.45) is 0 Å². The van der Waals surface area contributed by atoms with Crippen molar-refractivity contribution >= 4 is 45.1 Å². The fraction of sp³-hybridized carbons (Fsp3) is 0.211. The molecule has 3 aromatic rings. The Morgan fingerprint density at radius 1 is 1.12 bits per heavy atom. The van der Waals surface area contributed by atoms with Gasteiger partial charge in [0.15, 0.2) is 6.54 Å². The molecular formula is C19H19N2OS2+. The lowest BCUT2D eigenvalue weighted by molar-refractivity contribution is -0.670. The number of nitrogens with zero attached hydrogens (tertiary/aromatic N) is 2.